The van der Waals surface area contributed by atoms with Gasteiger partial charge in [-0.3, -0.25) is 4.68 Å². The number of imidazole rings is 1. The predicted octanol–water partition coefficient (Wildman–Crippen LogP) is 4.48. The molecule has 0 aliphatic rings. The number of aromatic nitrogens is 5. The minimum Gasteiger partial charge on any atom is -0.497 e. The molecule has 34 heavy (non-hydrogen) atoms. The average Bonchev–Trinajstić information content (AvgIpc) is 3.49. The van der Waals surface area contributed by atoms with Crippen molar-refractivity contribution in [1.82, 2.24) is 24.3 Å². The molecule has 0 aliphatic carbocycles. The highest BCUT2D eigenvalue weighted by atomic mass is 16.5. The first kappa shape index (κ1) is 21.5. The van der Waals surface area contributed by atoms with Gasteiger partial charge in [0.25, 0.3) is 0 Å². The van der Waals surface area contributed by atoms with E-state index >= 15 is 0 Å². The van der Waals surface area contributed by atoms with Crippen molar-refractivity contribution in [2.45, 2.75) is 13.2 Å². The summed E-state index contributed by atoms with van der Waals surface area (Å²) in [5, 5.41) is 4.23. The maximum absolute atomic E-state index is 6.00. The number of pyridine rings is 1. The van der Waals surface area contributed by atoms with E-state index in [4.69, 9.17) is 14.2 Å². The fourth-order valence-electron chi connectivity index (χ4n) is 3.80. The lowest BCUT2D eigenvalue weighted by Gasteiger charge is -2.13. The molecular weight excluding hydrogens is 430 g/mol. The molecule has 8 nitrogen and oxygen atoms in total. The van der Waals surface area contributed by atoms with Crippen molar-refractivity contribution in [2.24, 2.45) is 7.05 Å². The molecule has 0 amide bonds. The smallest absolute Gasteiger partial charge is 0.161 e. The van der Waals surface area contributed by atoms with E-state index < -0.39 is 0 Å². The lowest BCUT2D eigenvalue weighted by atomic mass is 10.1. The molecule has 0 saturated heterocycles. The van der Waals surface area contributed by atoms with E-state index in [1.807, 2.05) is 85.1 Å². The molecule has 8 heteroatoms. The van der Waals surface area contributed by atoms with Crippen molar-refractivity contribution in [3.05, 3.63) is 84.6 Å². The fourth-order valence-corrected chi connectivity index (χ4v) is 3.80. The molecule has 0 fully saturated rings. The molecule has 0 bridgehead atoms. The van der Waals surface area contributed by atoms with Gasteiger partial charge in [0.15, 0.2) is 17.1 Å². The summed E-state index contributed by atoms with van der Waals surface area (Å²) in [7, 11) is 5.20. The number of hydrogen-bond acceptors (Lipinski definition) is 6. The van der Waals surface area contributed by atoms with Gasteiger partial charge in [-0.1, -0.05) is 18.2 Å². The van der Waals surface area contributed by atoms with Crippen molar-refractivity contribution in [3.8, 4) is 28.4 Å². The van der Waals surface area contributed by atoms with Crippen molar-refractivity contribution < 1.29 is 14.2 Å². The molecule has 0 radical (unpaired) electrons. The number of rotatable bonds is 8. The highest BCUT2D eigenvalue weighted by Crippen LogP contribution is 2.30. The van der Waals surface area contributed by atoms with Crippen LogP contribution >= 0.6 is 0 Å². The quantitative estimate of drug-likeness (QED) is 0.344. The van der Waals surface area contributed by atoms with Gasteiger partial charge in [0, 0.05) is 30.6 Å². The highest BCUT2D eigenvalue weighted by Gasteiger charge is 2.11. The second-order valence-electron chi connectivity index (χ2n) is 7.96. The average molecular weight is 456 g/mol. The Kier molecular flexibility index (Phi) is 5.86. The Morgan fingerprint density at radius 3 is 2.38 bits per heavy atom. The number of nitrogens with zero attached hydrogens (tertiary/aromatic N) is 5. The zero-order valence-electron chi connectivity index (χ0n) is 19.3. The molecule has 0 saturated carbocycles. The Morgan fingerprint density at radius 1 is 0.824 bits per heavy atom. The van der Waals surface area contributed by atoms with Crippen molar-refractivity contribution in [2.75, 3.05) is 14.2 Å². The van der Waals surface area contributed by atoms with Gasteiger partial charge in [-0.05, 0) is 41.5 Å². The van der Waals surface area contributed by atoms with Crippen LogP contribution in [-0.2, 0) is 20.2 Å². The van der Waals surface area contributed by atoms with Crippen LogP contribution in [0.3, 0.4) is 0 Å². The second-order valence-corrected chi connectivity index (χ2v) is 7.96. The monoisotopic (exact) mass is 455 g/mol. The molecule has 3 heterocycles. The van der Waals surface area contributed by atoms with Crippen LogP contribution in [0, 0.1) is 0 Å². The first-order chi connectivity index (χ1) is 16.6. The summed E-state index contributed by atoms with van der Waals surface area (Å²) in [6.07, 6.45) is 7.45. The number of benzene rings is 2. The molecule has 0 spiro atoms. The minimum absolute atomic E-state index is 0.440. The molecule has 0 unspecified atom stereocenters. The van der Waals surface area contributed by atoms with Crippen LogP contribution < -0.4 is 14.2 Å². The van der Waals surface area contributed by atoms with E-state index in [9.17, 15) is 0 Å². The fraction of sp³-hybridized carbons (Fsp3) is 0.192. The molecule has 2 aromatic carbocycles. The van der Waals surface area contributed by atoms with Crippen molar-refractivity contribution in [3.63, 3.8) is 0 Å². The Bertz CT molecular complexity index is 1420. The van der Waals surface area contributed by atoms with E-state index in [1.165, 1.54) is 0 Å². The third-order valence-corrected chi connectivity index (χ3v) is 5.63. The first-order valence-electron chi connectivity index (χ1n) is 10.9. The predicted molar refractivity (Wildman–Crippen MR) is 129 cm³/mol. The van der Waals surface area contributed by atoms with Crippen molar-refractivity contribution in [1.29, 1.82) is 0 Å². The molecule has 0 atom stereocenters. The SMILES string of the molecule is COc1ccc(COc2ccc(Cn3cnc4cc(-c5cnn(C)c5)cnc43)cc2OC)cc1. The molecular formula is C26H25N5O3. The summed E-state index contributed by atoms with van der Waals surface area (Å²) in [5.74, 6) is 2.19. The van der Waals surface area contributed by atoms with Crippen LogP contribution in [0.15, 0.2) is 73.4 Å². The largest absolute Gasteiger partial charge is 0.497 e. The Balaban J connectivity index is 1.32. The Labute approximate surface area is 197 Å². The Morgan fingerprint density at radius 2 is 1.65 bits per heavy atom. The molecule has 0 aliphatic heterocycles. The van der Waals surface area contributed by atoms with E-state index in [2.05, 4.69) is 15.1 Å². The lowest BCUT2D eigenvalue weighted by Crippen LogP contribution is -2.02. The second kappa shape index (κ2) is 9.27. The zero-order chi connectivity index (χ0) is 23.5. The van der Waals surface area contributed by atoms with E-state index in [0.717, 1.165) is 39.2 Å². The summed E-state index contributed by atoms with van der Waals surface area (Å²) < 4.78 is 20.6. The molecule has 172 valence electrons. The minimum atomic E-state index is 0.440. The van der Waals surface area contributed by atoms with Gasteiger partial charge in [0.1, 0.15) is 17.9 Å². The third-order valence-electron chi connectivity index (χ3n) is 5.63. The van der Waals surface area contributed by atoms with Crippen LogP contribution in [0.2, 0.25) is 0 Å². The molecule has 3 aromatic heterocycles. The van der Waals surface area contributed by atoms with Crippen LogP contribution in [0.25, 0.3) is 22.3 Å². The maximum Gasteiger partial charge on any atom is 0.161 e. The van der Waals surface area contributed by atoms with Gasteiger partial charge in [0.05, 0.1) is 33.3 Å². The van der Waals surface area contributed by atoms with Gasteiger partial charge in [-0.25, -0.2) is 9.97 Å². The number of hydrogen-bond donors (Lipinski definition) is 0. The normalized spacial score (nSPS) is 11.0. The molecule has 0 N–H and O–H groups in total. The Hall–Kier alpha value is -4.33. The summed E-state index contributed by atoms with van der Waals surface area (Å²) in [6, 6.07) is 15.8. The maximum atomic E-state index is 6.00. The van der Waals surface area contributed by atoms with Crippen LogP contribution in [-0.4, -0.2) is 38.5 Å². The first-order valence-corrected chi connectivity index (χ1v) is 10.9. The van der Waals surface area contributed by atoms with Gasteiger partial charge in [-0.15, -0.1) is 0 Å². The number of methoxy groups -OCH3 is 2. The van der Waals surface area contributed by atoms with Gasteiger partial charge in [-0.2, -0.15) is 5.10 Å². The summed E-state index contributed by atoms with van der Waals surface area (Å²) in [5.41, 5.74) is 5.78. The van der Waals surface area contributed by atoms with Crippen LogP contribution in [0.4, 0.5) is 0 Å². The van der Waals surface area contributed by atoms with Gasteiger partial charge < -0.3 is 18.8 Å². The number of fused-ring (bicyclic) bond motifs is 1. The zero-order valence-corrected chi connectivity index (χ0v) is 19.3. The topological polar surface area (TPSA) is 76.2 Å². The van der Waals surface area contributed by atoms with E-state index in [-0.39, 0.29) is 0 Å². The highest BCUT2D eigenvalue weighted by molar-refractivity contribution is 5.77. The van der Waals surface area contributed by atoms with Crippen LogP contribution in [0.5, 0.6) is 17.2 Å². The van der Waals surface area contributed by atoms with Crippen LogP contribution in [0.1, 0.15) is 11.1 Å². The summed E-state index contributed by atoms with van der Waals surface area (Å²) in [6.45, 7) is 1.06. The van der Waals surface area contributed by atoms with Gasteiger partial charge >= 0.3 is 0 Å². The number of aryl methyl sites for hydroxylation is 1. The van der Waals surface area contributed by atoms with E-state index in [1.54, 1.807) is 18.9 Å². The summed E-state index contributed by atoms with van der Waals surface area (Å²) in [4.78, 5) is 9.21. The van der Waals surface area contributed by atoms with E-state index in [0.29, 0.717) is 24.7 Å². The van der Waals surface area contributed by atoms with Crippen molar-refractivity contribution >= 4 is 11.2 Å². The van der Waals surface area contributed by atoms with Gasteiger partial charge in [0.2, 0.25) is 0 Å². The third kappa shape index (κ3) is 4.43. The molecule has 5 aromatic rings. The standard InChI is InChI=1S/C26H25N5O3/c1-30-15-21(13-29-30)20-11-23-26(27-12-20)31(17-28-23)14-19-6-9-24(25(10-19)33-3)34-16-18-4-7-22(32-2)8-5-18/h4-13,15,17H,14,16H2,1-3H3. The molecule has 5 rings (SSSR count). The lowest BCUT2D eigenvalue weighted by molar-refractivity contribution is 0.284. The summed E-state index contributed by atoms with van der Waals surface area (Å²) >= 11 is 0. The number of ether oxygens (including phenoxy) is 3.